The standard InChI is InChI=1S/C14H24N2O5S/c1-6-20-12(17)10-8-22-11(15-10)9(7-19-5)16-13(18)21-14(2,3)4/h9-10H,6-8H2,1-5H3,(H,16,18). The first kappa shape index (κ1) is 18.8. The van der Waals surface area contributed by atoms with E-state index in [2.05, 4.69) is 10.3 Å². The van der Waals surface area contributed by atoms with Gasteiger partial charge in [0.1, 0.15) is 11.6 Å². The zero-order valence-electron chi connectivity index (χ0n) is 13.7. The monoisotopic (exact) mass is 332 g/mol. The third kappa shape index (κ3) is 6.23. The van der Waals surface area contributed by atoms with E-state index in [0.29, 0.717) is 17.4 Å². The molecule has 1 aliphatic rings. The van der Waals surface area contributed by atoms with Crippen molar-refractivity contribution in [3.8, 4) is 0 Å². The molecule has 0 aromatic rings. The molecule has 1 heterocycles. The minimum Gasteiger partial charge on any atom is -0.464 e. The molecule has 8 heteroatoms. The zero-order valence-corrected chi connectivity index (χ0v) is 14.5. The number of nitrogens with zero attached hydrogens (tertiary/aromatic N) is 1. The number of nitrogens with one attached hydrogen (secondary N) is 1. The Bertz CT molecular complexity index is 433. The fourth-order valence-corrected chi connectivity index (χ4v) is 2.80. The number of aliphatic imine (C=N–C) groups is 1. The van der Waals surface area contributed by atoms with Crippen LogP contribution in [0.1, 0.15) is 27.7 Å². The van der Waals surface area contributed by atoms with Crippen molar-refractivity contribution in [3.05, 3.63) is 0 Å². The average molecular weight is 332 g/mol. The van der Waals surface area contributed by atoms with Crippen LogP contribution in [0.2, 0.25) is 0 Å². The highest BCUT2D eigenvalue weighted by Crippen LogP contribution is 2.22. The highest BCUT2D eigenvalue weighted by Gasteiger charge is 2.31. The molecule has 0 radical (unpaired) electrons. The molecule has 7 nitrogen and oxygen atoms in total. The van der Waals surface area contributed by atoms with Crippen LogP contribution in [0.5, 0.6) is 0 Å². The predicted molar refractivity (Wildman–Crippen MR) is 85.3 cm³/mol. The third-order valence-corrected chi connectivity index (χ3v) is 3.72. The summed E-state index contributed by atoms with van der Waals surface area (Å²) in [7, 11) is 1.53. The maximum absolute atomic E-state index is 11.9. The van der Waals surface area contributed by atoms with E-state index in [9.17, 15) is 9.59 Å². The van der Waals surface area contributed by atoms with Gasteiger partial charge in [0, 0.05) is 12.9 Å². The van der Waals surface area contributed by atoms with Gasteiger partial charge in [0.25, 0.3) is 0 Å². The summed E-state index contributed by atoms with van der Waals surface area (Å²) >= 11 is 1.41. The minimum absolute atomic E-state index is 0.251. The quantitative estimate of drug-likeness (QED) is 0.744. The van der Waals surface area contributed by atoms with Crippen molar-refractivity contribution in [2.75, 3.05) is 26.1 Å². The van der Waals surface area contributed by atoms with Crippen LogP contribution in [0, 0.1) is 0 Å². The molecule has 0 aromatic heterocycles. The number of thioether (sulfide) groups is 1. The molecule has 0 spiro atoms. The van der Waals surface area contributed by atoms with Gasteiger partial charge in [0.2, 0.25) is 0 Å². The Balaban J connectivity index is 2.69. The van der Waals surface area contributed by atoms with Gasteiger partial charge < -0.3 is 19.5 Å². The maximum atomic E-state index is 11.9. The summed E-state index contributed by atoms with van der Waals surface area (Å²) in [5, 5.41) is 3.36. The van der Waals surface area contributed by atoms with Gasteiger partial charge >= 0.3 is 12.1 Å². The number of alkyl carbamates (subject to hydrolysis) is 1. The van der Waals surface area contributed by atoms with Crippen molar-refractivity contribution in [1.29, 1.82) is 0 Å². The molecule has 0 saturated carbocycles. The molecule has 22 heavy (non-hydrogen) atoms. The number of amides is 1. The summed E-state index contributed by atoms with van der Waals surface area (Å²) < 4.78 is 15.3. The first-order valence-corrected chi connectivity index (χ1v) is 8.11. The SMILES string of the molecule is CCOC(=O)C1CSC(C(COC)NC(=O)OC(C)(C)C)=N1. The Kier molecular flexibility index (Phi) is 7.15. The Morgan fingerprint density at radius 1 is 1.45 bits per heavy atom. The molecule has 0 bridgehead atoms. The molecule has 1 aliphatic heterocycles. The molecule has 126 valence electrons. The smallest absolute Gasteiger partial charge is 0.408 e. The molecule has 1 amide bonds. The molecule has 0 fully saturated rings. The highest BCUT2D eigenvalue weighted by atomic mass is 32.2. The van der Waals surface area contributed by atoms with E-state index < -0.39 is 23.8 Å². The Morgan fingerprint density at radius 2 is 2.14 bits per heavy atom. The maximum Gasteiger partial charge on any atom is 0.408 e. The number of hydrogen-bond acceptors (Lipinski definition) is 7. The van der Waals surface area contributed by atoms with Crippen molar-refractivity contribution < 1.29 is 23.8 Å². The number of methoxy groups -OCH3 is 1. The molecule has 2 atom stereocenters. The van der Waals surface area contributed by atoms with Gasteiger partial charge in [-0.1, -0.05) is 0 Å². The van der Waals surface area contributed by atoms with Gasteiger partial charge in [-0.3, -0.25) is 4.99 Å². The number of rotatable bonds is 6. The summed E-state index contributed by atoms with van der Waals surface area (Å²) in [6.07, 6.45) is -0.544. The van der Waals surface area contributed by atoms with Gasteiger partial charge in [0.05, 0.1) is 18.3 Å². The Hall–Kier alpha value is -1.28. The second-order valence-electron chi connectivity index (χ2n) is 5.70. The molecular formula is C14H24N2O5S. The van der Waals surface area contributed by atoms with Crippen LogP contribution >= 0.6 is 11.8 Å². The van der Waals surface area contributed by atoms with Crippen molar-refractivity contribution in [2.45, 2.75) is 45.4 Å². The van der Waals surface area contributed by atoms with E-state index >= 15 is 0 Å². The van der Waals surface area contributed by atoms with Gasteiger partial charge in [-0.05, 0) is 27.7 Å². The van der Waals surface area contributed by atoms with Crippen LogP contribution in [0.15, 0.2) is 4.99 Å². The lowest BCUT2D eigenvalue weighted by molar-refractivity contribution is -0.143. The van der Waals surface area contributed by atoms with Crippen molar-refractivity contribution in [1.82, 2.24) is 5.32 Å². The topological polar surface area (TPSA) is 86.2 Å². The van der Waals surface area contributed by atoms with Crippen LogP contribution in [0.3, 0.4) is 0 Å². The van der Waals surface area contributed by atoms with E-state index in [4.69, 9.17) is 14.2 Å². The molecule has 0 aromatic carbocycles. The Morgan fingerprint density at radius 3 is 2.68 bits per heavy atom. The Labute approximate surface area is 135 Å². The first-order chi connectivity index (χ1) is 10.3. The highest BCUT2D eigenvalue weighted by molar-refractivity contribution is 8.14. The number of esters is 1. The summed E-state index contributed by atoms with van der Waals surface area (Å²) in [6, 6.07) is -0.969. The van der Waals surface area contributed by atoms with Crippen LogP contribution < -0.4 is 5.32 Å². The number of hydrogen-bond donors (Lipinski definition) is 1. The van der Waals surface area contributed by atoms with Gasteiger partial charge in [-0.25, -0.2) is 9.59 Å². The summed E-state index contributed by atoms with van der Waals surface area (Å²) in [6.45, 7) is 7.69. The predicted octanol–water partition coefficient (Wildman–Crippen LogP) is 1.60. The fraction of sp³-hybridized carbons (Fsp3) is 0.786. The van der Waals surface area contributed by atoms with Crippen LogP contribution in [0.4, 0.5) is 4.79 Å². The number of ether oxygens (including phenoxy) is 3. The van der Waals surface area contributed by atoms with Gasteiger partial charge in [0.15, 0.2) is 6.04 Å². The summed E-state index contributed by atoms with van der Waals surface area (Å²) in [4.78, 5) is 27.9. The van der Waals surface area contributed by atoms with Gasteiger partial charge in [-0.15, -0.1) is 11.8 Å². The lowest BCUT2D eigenvalue weighted by Crippen LogP contribution is -2.44. The van der Waals surface area contributed by atoms with Crippen LogP contribution in [0.25, 0.3) is 0 Å². The normalized spacial score (nSPS) is 19.3. The first-order valence-electron chi connectivity index (χ1n) is 7.12. The summed E-state index contributed by atoms with van der Waals surface area (Å²) in [5.41, 5.74) is -0.584. The molecular weight excluding hydrogens is 308 g/mol. The molecule has 1 N–H and O–H groups in total. The average Bonchev–Trinajstić information content (AvgIpc) is 2.85. The van der Waals surface area contributed by atoms with Crippen molar-refractivity contribution >= 4 is 28.9 Å². The van der Waals surface area contributed by atoms with Crippen LogP contribution in [-0.2, 0) is 19.0 Å². The zero-order chi connectivity index (χ0) is 16.8. The van der Waals surface area contributed by atoms with E-state index in [1.54, 1.807) is 27.7 Å². The molecule has 0 aliphatic carbocycles. The van der Waals surface area contributed by atoms with Crippen molar-refractivity contribution in [2.24, 2.45) is 4.99 Å². The minimum atomic E-state index is -0.584. The number of carbonyl (C=O) groups is 2. The van der Waals surface area contributed by atoms with E-state index in [1.165, 1.54) is 18.9 Å². The van der Waals surface area contributed by atoms with E-state index in [0.717, 1.165) is 0 Å². The van der Waals surface area contributed by atoms with Crippen molar-refractivity contribution in [3.63, 3.8) is 0 Å². The second kappa shape index (κ2) is 8.38. The fourth-order valence-electron chi connectivity index (χ4n) is 1.73. The summed E-state index contributed by atoms with van der Waals surface area (Å²) in [5.74, 6) is 0.156. The molecule has 1 rings (SSSR count). The number of carbonyl (C=O) groups excluding carboxylic acids is 2. The van der Waals surface area contributed by atoms with E-state index in [-0.39, 0.29) is 12.6 Å². The van der Waals surface area contributed by atoms with E-state index in [1.807, 2.05) is 0 Å². The lowest BCUT2D eigenvalue weighted by atomic mass is 10.2. The largest absolute Gasteiger partial charge is 0.464 e. The lowest BCUT2D eigenvalue weighted by Gasteiger charge is -2.23. The van der Waals surface area contributed by atoms with Gasteiger partial charge in [-0.2, -0.15) is 0 Å². The molecule has 2 unspecified atom stereocenters. The second-order valence-corrected chi connectivity index (χ2v) is 6.74. The van der Waals surface area contributed by atoms with Crippen LogP contribution in [-0.4, -0.2) is 60.9 Å². The third-order valence-electron chi connectivity index (χ3n) is 2.55. The molecule has 0 saturated heterocycles.